The van der Waals surface area contributed by atoms with Gasteiger partial charge in [-0.3, -0.25) is 14.5 Å². The van der Waals surface area contributed by atoms with Gasteiger partial charge < -0.3 is 15.3 Å². The first-order valence-corrected chi connectivity index (χ1v) is 12.0. The van der Waals surface area contributed by atoms with E-state index in [0.717, 1.165) is 18.5 Å². The molecule has 4 atom stereocenters. The first-order chi connectivity index (χ1) is 15.1. The molecule has 178 valence electrons. The van der Waals surface area contributed by atoms with Gasteiger partial charge in [0.15, 0.2) is 0 Å². The van der Waals surface area contributed by atoms with E-state index in [-0.39, 0.29) is 30.8 Å². The van der Waals surface area contributed by atoms with Crippen LogP contribution in [0.1, 0.15) is 77.5 Å². The highest BCUT2D eigenvalue weighted by atomic mass is 16.3. The van der Waals surface area contributed by atoms with Gasteiger partial charge in [-0.05, 0) is 45.1 Å². The highest BCUT2D eigenvalue weighted by Crippen LogP contribution is 2.40. The zero-order chi connectivity index (χ0) is 23.2. The van der Waals surface area contributed by atoms with E-state index in [1.165, 1.54) is 12.8 Å². The number of β-amino-alcohol motifs (C(OH)–C–C–N with tert-alkyl or cyclic N) is 1. The number of nitrogens with zero attached hydrogens (tertiary/aromatic N) is 5. The number of aliphatic hydroxyl groups excluding tert-OH is 1. The minimum absolute atomic E-state index is 0.158. The number of amides is 2. The third-order valence-corrected chi connectivity index (χ3v) is 7.10. The average Bonchev–Trinajstić information content (AvgIpc) is 3.65. The molecule has 0 radical (unpaired) electrons. The van der Waals surface area contributed by atoms with Crippen LogP contribution in [0.4, 0.5) is 0 Å². The van der Waals surface area contributed by atoms with Crippen molar-refractivity contribution in [2.24, 2.45) is 5.41 Å². The Morgan fingerprint density at radius 1 is 1.28 bits per heavy atom. The van der Waals surface area contributed by atoms with Crippen LogP contribution in [-0.2, 0) is 9.59 Å². The molecule has 0 spiro atoms. The zero-order valence-electron chi connectivity index (χ0n) is 20.0. The Balaban J connectivity index is 1.46. The normalized spacial score (nSPS) is 25.8. The van der Waals surface area contributed by atoms with Gasteiger partial charge in [-0.25, -0.2) is 4.68 Å². The van der Waals surface area contributed by atoms with E-state index in [0.29, 0.717) is 18.5 Å². The maximum absolute atomic E-state index is 13.7. The number of rotatable bonds is 8. The molecular formula is C23H38N6O3. The summed E-state index contributed by atoms with van der Waals surface area (Å²) in [5.41, 5.74) is 0.498. The fraction of sp³-hybridized carbons (Fsp3) is 0.826. The molecule has 3 aliphatic rings. The Labute approximate surface area is 190 Å². The number of aliphatic hydroxyl groups is 1. The van der Waals surface area contributed by atoms with Crippen molar-refractivity contribution in [3.63, 3.8) is 0 Å². The molecule has 2 N–H and O–H groups in total. The van der Waals surface area contributed by atoms with Crippen LogP contribution < -0.4 is 5.32 Å². The molecule has 2 aliphatic carbocycles. The molecule has 1 saturated heterocycles. The Bertz CT molecular complexity index is 841. The van der Waals surface area contributed by atoms with Gasteiger partial charge in [0.1, 0.15) is 12.1 Å². The summed E-state index contributed by atoms with van der Waals surface area (Å²) in [6, 6.07) is -0.431. The summed E-state index contributed by atoms with van der Waals surface area (Å²) in [5, 5.41) is 21.9. The van der Waals surface area contributed by atoms with Crippen molar-refractivity contribution in [1.29, 1.82) is 0 Å². The van der Waals surface area contributed by atoms with E-state index in [1.54, 1.807) is 9.58 Å². The van der Waals surface area contributed by atoms with Crippen LogP contribution in [0.15, 0.2) is 6.20 Å². The molecule has 2 heterocycles. The molecule has 1 aromatic heterocycles. The molecule has 0 bridgehead atoms. The summed E-state index contributed by atoms with van der Waals surface area (Å²) in [6.07, 6.45) is 6.08. The van der Waals surface area contributed by atoms with Crippen molar-refractivity contribution >= 4 is 11.8 Å². The quantitative estimate of drug-likeness (QED) is 0.624. The number of likely N-dealkylation sites (tertiary alicyclic amines) is 1. The fourth-order valence-corrected chi connectivity index (χ4v) is 4.68. The summed E-state index contributed by atoms with van der Waals surface area (Å²) in [4.78, 5) is 30.6. The third kappa shape index (κ3) is 4.98. The summed E-state index contributed by atoms with van der Waals surface area (Å²) in [7, 11) is 2.09. The van der Waals surface area contributed by atoms with Gasteiger partial charge >= 0.3 is 0 Å². The molecule has 9 nitrogen and oxygen atoms in total. The molecule has 2 saturated carbocycles. The van der Waals surface area contributed by atoms with E-state index in [4.69, 9.17) is 0 Å². The summed E-state index contributed by atoms with van der Waals surface area (Å²) >= 11 is 0. The minimum atomic E-state index is -0.709. The lowest BCUT2D eigenvalue weighted by atomic mass is 9.85. The second kappa shape index (κ2) is 8.74. The van der Waals surface area contributed by atoms with E-state index >= 15 is 0 Å². The van der Waals surface area contributed by atoms with Crippen LogP contribution in [-0.4, -0.2) is 86.1 Å². The van der Waals surface area contributed by atoms with Crippen molar-refractivity contribution in [1.82, 2.24) is 30.1 Å². The molecule has 1 unspecified atom stereocenters. The number of hydrogen-bond acceptors (Lipinski definition) is 6. The van der Waals surface area contributed by atoms with Gasteiger partial charge in [-0.1, -0.05) is 26.0 Å². The fourth-order valence-electron chi connectivity index (χ4n) is 4.68. The number of carbonyl (C=O) groups is 2. The molecule has 3 fully saturated rings. The Morgan fingerprint density at radius 3 is 2.56 bits per heavy atom. The number of likely N-dealkylation sites (N-methyl/N-ethyl adjacent to an activating group) is 1. The molecule has 2 amide bonds. The maximum Gasteiger partial charge on any atom is 0.248 e. The average molecular weight is 447 g/mol. The molecule has 0 aromatic carbocycles. The first-order valence-electron chi connectivity index (χ1n) is 12.0. The van der Waals surface area contributed by atoms with Crippen LogP contribution in [0.3, 0.4) is 0 Å². The monoisotopic (exact) mass is 446 g/mol. The number of nitrogens with one attached hydrogen (secondary N) is 1. The first kappa shape index (κ1) is 23.2. The third-order valence-electron chi connectivity index (χ3n) is 7.10. The van der Waals surface area contributed by atoms with Crippen LogP contribution in [0.2, 0.25) is 0 Å². The lowest BCUT2D eigenvalue weighted by molar-refractivity contribution is -0.144. The summed E-state index contributed by atoms with van der Waals surface area (Å²) < 4.78 is 1.66. The summed E-state index contributed by atoms with van der Waals surface area (Å²) in [6.45, 7) is 8.76. The predicted octanol–water partition coefficient (Wildman–Crippen LogP) is 1.30. The lowest BCUT2D eigenvalue weighted by Gasteiger charge is -2.34. The van der Waals surface area contributed by atoms with Crippen LogP contribution >= 0.6 is 0 Å². The predicted molar refractivity (Wildman–Crippen MR) is 120 cm³/mol. The number of aromatic nitrogens is 3. The van der Waals surface area contributed by atoms with E-state index in [1.807, 2.05) is 27.0 Å². The van der Waals surface area contributed by atoms with Gasteiger partial charge in [-0.2, -0.15) is 0 Å². The zero-order valence-corrected chi connectivity index (χ0v) is 20.0. The van der Waals surface area contributed by atoms with Crippen molar-refractivity contribution in [3.8, 4) is 0 Å². The maximum atomic E-state index is 13.7. The van der Waals surface area contributed by atoms with Crippen molar-refractivity contribution in [2.75, 3.05) is 20.1 Å². The highest BCUT2D eigenvalue weighted by molar-refractivity contribution is 5.90. The van der Waals surface area contributed by atoms with Gasteiger partial charge in [0, 0.05) is 43.7 Å². The van der Waals surface area contributed by atoms with E-state index in [2.05, 4.69) is 34.5 Å². The van der Waals surface area contributed by atoms with Crippen LogP contribution in [0, 0.1) is 5.41 Å². The Kier molecular flexibility index (Phi) is 6.33. The molecule has 32 heavy (non-hydrogen) atoms. The number of carbonyl (C=O) groups excluding carboxylic acids is 2. The van der Waals surface area contributed by atoms with Gasteiger partial charge in [0.05, 0.1) is 11.8 Å². The van der Waals surface area contributed by atoms with Crippen LogP contribution in [0.25, 0.3) is 0 Å². The minimum Gasteiger partial charge on any atom is -0.391 e. The highest BCUT2D eigenvalue weighted by Gasteiger charge is 2.45. The Hall–Kier alpha value is -2.00. The standard InChI is InChI=1S/C23H38N6O3/c1-14(27(5)16-8-9-16)11-24-21(31)19-10-17(30)12-28(19)22(32)20(23(2,3)4)29-13-18(25-26-29)15-6-7-15/h13-17,19-20,30H,6-12H2,1-5H3,(H,24,31)/t14?,17-,19+,20-/m1/s1. The Morgan fingerprint density at radius 2 is 1.97 bits per heavy atom. The lowest BCUT2D eigenvalue weighted by Crippen LogP contribution is -2.52. The van der Waals surface area contributed by atoms with Crippen molar-refractivity contribution in [2.45, 2.75) is 96.0 Å². The van der Waals surface area contributed by atoms with Gasteiger partial charge in [0.2, 0.25) is 11.8 Å². The molecule has 9 heteroatoms. The van der Waals surface area contributed by atoms with Crippen molar-refractivity contribution < 1.29 is 14.7 Å². The second-order valence-corrected chi connectivity index (χ2v) is 11.1. The van der Waals surface area contributed by atoms with Gasteiger partial charge in [-0.15, -0.1) is 5.10 Å². The molecular weight excluding hydrogens is 408 g/mol. The van der Waals surface area contributed by atoms with Crippen LogP contribution in [0.5, 0.6) is 0 Å². The second-order valence-electron chi connectivity index (χ2n) is 11.1. The molecule has 1 aromatic rings. The van der Waals surface area contributed by atoms with E-state index < -0.39 is 23.6 Å². The SMILES string of the molecule is CC(CNC(=O)[C@@H]1C[C@@H](O)CN1C(=O)[C@@H](n1cc(C2CC2)nn1)C(C)(C)C)N(C)C1CC1. The topological polar surface area (TPSA) is 104 Å². The smallest absolute Gasteiger partial charge is 0.248 e. The van der Waals surface area contributed by atoms with Gasteiger partial charge in [0.25, 0.3) is 0 Å². The van der Waals surface area contributed by atoms with Crippen molar-refractivity contribution in [3.05, 3.63) is 11.9 Å². The molecule has 4 rings (SSSR count). The van der Waals surface area contributed by atoms with E-state index in [9.17, 15) is 14.7 Å². The molecule has 1 aliphatic heterocycles. The number of hydrogen-bond donors (Lipinski definition) is 2. The summed E-state index contributed by atoms with van der Waals surface area (Å²) in [5.74, 6) is 0.0582. The largest absolute Gasteiger partial charge is 0.391 e.